The largest absolute Gasteiger partial charge is 0.370 e. The molecule has 1 N–H and O–H groups in total. The fourth-order valence-electron chi connectivity index (χ4n) is 1.97. The Morgan fingerprint density at radius 1 is 1.32 bits per heavy atom. The van der Waals surface area contributed by atoms with Crippen LogP contribution in [0.3, 0.4) is 0 Å². The molecule has 1 fully saturated rings. The van der Waals surface area contributed by atoms with Crippen molar-refractivity contribution < 1.29 is 9.26 Å². The van der Waals surface area contributed by atoms with Crippen LogP contribution in [-0.4, -0.2) is 47.8 Å². The highest BCUT2D eigenvalue weighted by atomic mass is 16.5. The number of hydrogen-bond acceptors (Lipinski definition) is 6. The van der Waals surface area contributed by atoms with Gasteiger partial charge in [-0.3, -0.25) is 4.90 Å². The molecule has 19 heavy (non-hydrogen) atoms. The van der Waals surface area contributed by atoms with E-state index in [-0.39, 0.29) is 6.10 Å². The van der Waals surface area contributed by atoms with Crippen LogP contribution in [0.15, 0.2) is 4.52 Å². The molecule has 1 saturated heterocycles. The molecule has 6 nitrogen and oxygen atoms in total. The van der Waals surface area contributed by atoms with Gasteiger partial charge < -0.3 is 14.6 Å². The van der Waals surface area contributed by atoms with Gasteiger partial charge in [-0.15, -0.1) is 0 Å². The second-order valence-corrected chi connectivity index (χ2v) is 5.44. The highest BCUT2D eigenvalue weighted by molar-refractivity contribution is 4.90. The first-order chi connectivity index (χ1) is 9.15. The average Bonchev–Trinajstić information content (AvgIpc) is 2.85. The van der Waals surface area contributed by atoms with E-state index in [1.807, 2.05) is 6.92 Å². The van der Waals surface area contributed by atoms with Crippen LogP contribution in [0, 0.1) is 5.92 Å². The van der Waals surface area contributed by atoms with E-state index in [4.69, 9.17) is 9.26 Å². The Kier molecular flexibility index (Phi) is 5.30. The van der Waals surface area contributed by atoms with E-state index in [1.54, 1.807) is 0 Å². The zero-order valence-corrected chi connectivity index (χ0v) is 12.1. The van der Waals surface area contributed by atoms with Crippen LogP contribution in [0.2, 0.25) is 0 Å². The topological polar surface area (TPSA) is 63.4 Å². The summed E-state index contributed by atoms with van der Waals surface area (Å²) in [7, 11) is 0. The molecule has 108 valence electrons. The molecule has 0 radical (unpaired) electrons. The third kappa shape index (κ3) is 4.56. The van der Waals surface area contributed by atoms with E-state index in [1.165, 1.54) is 0 Å². The molecule has 0 aromatic carbocycles. The van der Waals surface area contributed by atoms with Gasteiger partial charge in [-0.2, -0.15) is 4.98 Å². The van der Waals surface area contributed by atoms with Crippen molar-refractivity contribution >= 4 is 0 Å². The molecule has 1 aromatic heterocycles. The monoisotopic (exact) mass is 268 g/mol. The summed E-state index contributed by atoms with van der Waals surface area (Å²) < 4.78 is 11.0. The smallest absolute Gasteiger partial charge is 0.240 e. The van der Waals surface area contributed by atoms with Crippen LogP contribution in [0.1, 0.15) is 38.6 Å². The normalized spacial score (nSPS) is 18.9. The number of ether oxygens (including phenoxy) is 1. The summed E-state index contributed by atoms with van der Waals surface area (Å²) in [5.41, 5.74) is 0. The molecule has 0 amide bonds. The Bertz CT molecular complexity index is 374. The molecule has 2 heterocycles. The number of nitrogens with one attached hydrogen (secondary N) is 1. The number of aromatic nitrogens is 2. The summed E-state index contributed by atoms with van der Waals surface area (Å²) in [4.78, 5) is 6.73. The van der Waals surface area contributed by atoms with Crippen molar-refractivity contribution in [2.75, 3.05) is 32.8 Å². The molecule has 1 aromatic rings. The Balaban J connectivity index is 1.83. The van der Waals surface area contributed by atoms with E-state index >= 15 is 0 Å². The zero-order valence-electron chi connectivity index (χ0n) is 12.1. The Morgan fingerprint density at radius 2 is 2.05 bits per heavy atom. The first-order valence-corrected chi connectivity index (χ1v) is 7.02. The Morgan fingerprint density at radius 3 is 2.74 bits per heavy atom. The van der Waals surface area contributed by atoms with Crippen LogP contribution in [0.4, 0.5) is 0 Å². The second-order valence-electron chi connectivity index (χ2n) is 5.44. The summed E-state index contributed by atoms with van der Waals surface area (Å²) in [5.74, 6) is 1.83. The van der Waals surface area contributed by atoms with Crippen LogP contribution >= 0.6 is 0 Å². The summed E-state index contributed by atoms with van der Waals surface area (Å²) >= 11 is 0. The number of piperazine rings is 1. The van der Waals surface area contributed by atoms with Gasteiger partial charge in [0.1, 0.15) is 6.10 Å². The molecule has 0 spiro atoms. The summed E-state index contributed by atoms with van der Waals surface area (Å²) in [6, 6.07) is 0. The van der Waals surface area contributed by atoms with Crippen molar-refractivity contribution in [2.45, 2.75) is 33.4 Å². The average molecular weight is 268 g/mol. The lowest BCUT2D eigenvalue weighted by Crippen LogP contribution is -2.42. The summed E-state index contributed by atoms with van der Waals surface area (Å²) in [6.07, 6.45) is -0.108. The zero-order chi connectivity index (χ0) is 13.7. The number of nitrogens with zero attached hydrogens (tertiary/aromatic N) is 3. The number of rotatable bonds is 6. The van der Waals surface area contributed by atoms with Gasteiger partial charge in [-0.25, -0.2) is 0 Å². The molecule has 0 bridgehead atoms. The third-order valence-electron chi connectivity index (χ3n) is 3.10. The lowest BCUT2D eigenvalue weighted by Gasteiger charge is -2.25. The predicted octanol–water partition coefficient (Wildman–Crippen LogP) is 1.21. The van der Waals surface area contributed by atoms with Crippen molar-refractivity contribution in [2.24, 2.45) is 5.92 Å². The lowest BCUT2D eigenvalue weighted by atomic mass is 10.2. The first kappa shape index (κ1) is 14.4. The molecule has 1 aliphatic rings. The molecule has 1 aliphatic heterocycles. The lowest BCUT2D eigenvalue weighted by molar-refractivity contribution is 0.0402. The maximum absolute atomic E-state index is 5.68. The van der Waals surface area contributed by atoms with Crippen LogP contribution < -0.4 is 5.32 Å². The molecule has 0 saturated carbocycles. The number of hydrogen-bond donors (Lipinski definition) is 1. The quantitative estimate of drug-likeness (QED) is 0.836. The van der Waals surface area contributed by atoms with Crippen molar-refractivity contribution in [1.29, 1.82) is 0 Å². The van der Waals surface area contributed by atoms with Crippen molar-refractivity contribution in [3.63, 3.8) is 0 Å². The molecule has 1 unspecified atom stereocenters. The Labute approximate surface area is 114 Å². The summed E-state index contributed by atoms with van der Waals surface area (Å²) in [5, 5.41) is 7.33. The standard InChI is InChI=1S/C13H24N4O2/c1-10(2)9-18-11(3)13-15-12(19-16-13)8-17-6-4-14-5-7-17/h10-11,14H,4-9H2,1-3H3. The molecule has 1 atom stereocenters. The molecular formula is C13H24N4O2. The third-order valence-corrected chi connectivity index (χ3v) is 3.10. The van der Waals surface area contributed by atoms with Gasteiger partial charge in [-0.1, -0.05) is 19.0 Å². The molecule has 0 aliphatic carbocycles. The summed E-state index contributed by atoms with van der Waals surface area (Å²) in [6.45, 7) is 11.7. The minimum Gasteiger partial charge on any atom is -0.370 e. The van der Waals surface area contributed by atoms with Gasteiger partial charge in [0.2, 0.25) is 5.89 Å². The van der Waals surface area contributed by atoms with Crippen molar-refractivity contribution in [3.05, 3.63) is 11.7 Å². The van der Waals surface area contributed by atoms with Crippen LogP contribution in [-0.2, 0) is 11.3 Å². The van der Waals surface area contributed by atoms with E-state index in [0.717, 1.165) is 32.7 Å². The molecular weight excluding hydrogens is 244 g/mol. The predicted molar refractivity (Wildman–Crippen MR) is 71.6 cm³/mol. The maximum Gasteiger partial charge on any atom is 0.240 e. The van der Waals surface area contributed by atoms with Gasteiger partial charge in [0.05, 0.1) is 6.54 Å². The van der Waals surface area contributed by atoms with E-state index in [0.29, 0.717) is 24.2 Å². The van der Waals surface area contributed by atoms with Crippen molar-refractivity contribution in [3.8, 4) is 0 Å². The van der Waals surface area contributed by atoms with Gasteiger partial charge in [0, 0.05) is 32.8 Å². The fraction of sp³-hybridized carbons (Fsp3) is 0.846. The van der Waals surface area contributed by atoms with Gasteiger partial charge >= 0.3 is 0 Å². The SMILES string of the molecule is CC(C)COC(C)c1noc(CN2CCNCC2)n1. The first-order valence-electron chi connectivity index (χ1n) is 7.02. The van der Waals surface area contributed by atoms with Crippen LogP contribution in [0.25, 0.3) is 0 Å². The minimum absolute atomic E-state index is 0.108. The highest BCUT2D eigenvalue weighted by Crippen LogP contribution is 2.15. The van der Waals surface area contributed by atoms with Gasteiger partial charge in [0.25, 0.3) is 0 Å². The second kappa shape index (κ2) is 6.98. The van der Waals surface area contributed by atoms with E-state index < -0.39 is 0 Å². The van der Waals surface area contributed by atoms with Gasteiger partial charge in [0.15, 0.2) is 5.82 Å². The maximum atomic E-state index is 5.68. The minimum atomic E-state index is -0.108. The van der Waals surface area contributed by atoms with E-state index in [2.05, 4.69) is 34.2 Å². The fourth-order valence-corrected chi connectivity index (χ4v) is 1.97. The van der Waals surface area contributed by atoms with Gasteiger partial charge in [-0.05, 0) is 12.8 Å². The van der Waals surface area contributed by atoms with Crippen LogP contribution in [0.5, 0.6) is 0 Å². The Hall–Kier alpha value is -0.980. The molecule has 2 rings (SSSR count). The van der Waals surface area contributed by atoms with E-state index in [9.17, 15) is 0 Å². The molecule has 6 heteroatoms. The van der Waals surface area contributed by atoms with Crippen molar-refractivity contribution in [1.82, 2.24) is 20.4 Å². The highest BCUT2D eigenvalue weighted by Gasteiger charge is 2.17.